The number of likely N-dealkylation sites (tertiary alicyclic amines) is 1. The smallest absolute Gasteiger partial charge is 0.127 e. The van der Waals surface area contributed by atoms with E-state index in [1.54, 1.807) is 18.3 Å². The summed E-state index contributed by atoms with van der Waals surface area (Å²) in [5.41, 5.74) is 0.653. The van der Waals surface area contributed by atoms with E-state index in [4.69, 9.17) is 5.26 Å². The van der Waals surface area contributed by atoms with Gasteiger partial charge in [0.25, 0.3) is 0 Å². The third-order valence-electron chi connectivity index (χ3n) is 3.07. The molecule has 17 heavy (non-hydrogen) atoms. The largest absolute Gasteiger partial charge is 0.369 e. The summed E-state index contributed by atoms with van der Waals surface area (Å²) >= 11 is 0. The Labute approximate surface area is 102 Å². The summed E-state index contributed by atoms with van der Waals surface area (Å²) in [7, 11) is 0. The Balaban J connectivity index is 1.75. The van der Waals surface area contributed by atoms with Gasteiger partial charge in [-0.3, -0.25) is 0 Å². The van der Waals surface area contributed by atoms with Gasteiger partial charge >= 0.3 is 0 Å². The molecule has 2 heterocycles. The number of nitrogens with one attached hydrogen (secondary N) is 1. The van der Waals surface area contributed by atoms with Crippen molar-refractivity contribution >= 4 is 5.82 Å². The van der Waals surface area contributed by atoms with Gasteiger partial charge in [0.2, 0.25) is 0 Å². The molecule has 1 fully saturated rings. The monoisotopic (exact) mass is 230 g/mol. The molecule has 0 amide bonds. The molecule has 90 valence electrons. The molecule has 0 radical (unpaired) electrons. The Morgan fingerprint density at radius 1 is 1.35 bits per heavy atom. The van der Waals surface area contributed by atoms with Gasteiger partial charge in [-0.15, -0.1) is 0 Å². The average Bonchev–Trinajstić information content (AvgIpc) is 2.40. The molecule has 0 saturated carbocycles. The minimum absolute atomic E-state index is 0.653. The lowest BCUT2D eigenvalue weighted by atomic mass is 10.1. The second-order valence-corrected chi connectivity index (χ2v) is 4.37. The molecule has 1 aliphatic heterocycles. The fourth-order valence-electron chi connectivity index (χ4n) is 2.12. The highest BCUT2D eigenvalue weighted by Crippen LogP contribution is 2.08. The van der Waals surface area contributed by atoms with Crippen molar-refractivity contribution in [2.45, 2.75) is 19.3 Å². The second-order valence-electron chi connectivity index (χ2n) is 4.37. The summed E-state index contributed by atoms with van der Waals surface area (Å²) in [5.74, 6) is 0.793. The van der Waals surface area contributed by atoms with Gasteiger partial charge in [0.15, 0.2) is 0 Å². The first-order valence-electron chi connectivity index (χ1n) is 6.21. The zero-order valence-corrected chi connectivity index (χ0v) is 10.0. The third kappa shape index (κ3) is 3.72. The quantitative estimate of drug-likeness (QED) is 0.857. The first kappa shape index (κ1) is 11.9. The van der Waals surface area contributed by atoms with Crippen molar-refractivity contribution < 1.29 is 0 Å². The van der Waals surface area contributed by atoms with Crippen LogP contribution in [0.1, 0.15) is 24.8 Å². The molecule has 1 aliphatic rings. The van der Waals surface area contributed by atoms with Gasteiger partial charge in [0, 0.05) is 19.3 Å². The molecule has 0 bridgehead atoms. The Hall–Kier alpha value is -1.60. The van der Waals surface area contributed by atoms with Crippen LogP contribution in [-0.4, -0.2) is 36.1 Å². The number of anilines is 1. The van der Waals surface area contributed by atoms with E-state index in [0.29, 0.717) is 5.56 Å². The lowest BCUT2D eigenvalue weighted by Gasteiger charge is -2.26. The fraction of sp³-hybridized carbons (Fsp3) is 0.538. The molecule has 1 aromatic rings. The first-order chi connectivity index (χ1) is 8.38. The molecule has 4 heteroatoms. The normalized spacial score (nSPS) is 16.4. The van der Waals surface area contributed by atoms with E-state index in [9.17, 15) is 0 Å². The highest BCUT2D eigenvalue weighted by molar-refractivity contribution is 5.42. The summed E-state index contributed by atoms with van der Waals surface area (Å²) in [4.78, 5) is 6.67. The zero-order chi connectivity index (χ0) is 11.9. The van der Waals surface area contributed by atoms with Crippen LogP contribution in [0.4, 0.5) is 5.82 Å². The van der Waals surface area contributed by atoms with Gasteiger partial charge in [-0.1, -0.05) is 6.42 Å². The molecular formula is C13H18N4. The topological polar surface area (TPSA) is 52.0 Å². The molecule has 1 saturated heterocycles. The minimum atomic E-state index is 0.653. The van der Waals surface area contributed by atoms with Gasteiger partial charge in [0.05, 0.1) is 11.6 Å². The van der Waals surface area contributed by atoms with Gasteiger partial charge in [-0.25, -0.2) is 4.98 Å². The number of piperidine rings is 1. The van der Waals surface area contributed by atoms with E-state index in [1.807, 2.05) is 0 Å². The van der Waals surface area contributed by atoms with E-state index < -0.39 is 0 Å². The maximum Gasteiger partial charge on any atom is 0.127 e. The van der Waals surface area contributed by atoms with Gasteiger partial charge in [0.1, 0.15) is 5.82 Å². The average molecular weight is 230 g/mol. The first-order valence-corrected chi connectivity index (χ1v) is 6.21. The van der Waals surface area contributed by atoms with Crippen molar-refractivity contribution in [1.82, 2.24) is 9.88 Å². The van der Waals surface area contributed by atoms with Gasteiger partial charge < -0.3 is 10.2 Å². The number of pyridine rings is 1. The van der Waals surface area contributed by atoms with E-state index in [2.05, 4.69) is 21.3 Å². The maximum absolute atomic E-state index is 8.78. The molecule has 0 spiro atoms. The van der Waals surface area contributed by atoms with Crippen LogP contribution < -0.4 is 5.32 Å². The molecule has 2 rings (SSSR count). The second kappa shape index (κ2) is 6.21. The Kier molecular flexibility index (Phi) is 4.34. The summed E-state index contributed by atoms with van der Waals surface area (Å²) in [6.45, 7) is 4.38. The summed E-state index contributed by atoms with van der Waals surface area (Å²) in [6.07, 6.45) is 5.68. The Morgan fingerprint density at radius 2 is 2.18 bits per heavy atom. The predicted molar refractivity (Wildman–Crippen MR) is 67.7 cm³/mol. The molecule has 0 aliphatic carbocycles. The number of hydrogen-bond acceptors (Lipinski definition) is 4. The minimum Gasteiger partial charge on any atom is -0.369 e. The van der Waals surface area contributed by atoms with Gasteiger partial charge in [-0.2, -0.15) is 5.26 Å². The predicted octanol–water partition coefficient (Wildman–Crippen LogP) is 1.85. The van der Waals surface area contributed by atoms with Crippen LogP contribution in [0, 0.1) is 11.3 Å². The number of rotatable bonds is 4. The van der Waals surface area contributed by atoms with E-state index in [-0.39, 0.29) is 0 Å². The lowest BCUT2D eigenvalue weighted by molar-refractivity contribution is 0.237. The Morgan fingerprint density at radius 3 is 2.94 bits per heavy atom. The molecule has 0 atom stereocenters. The summed E-state index contributed by atoms with van der Waals surface area (Å²) in [6, 6.07) is 5.62. The van der Waals surface area contributed by atoms with Crippen LogP contribution >= 0.6 is 0 Å². The fourth-order valence-corrected chi connectivity index (χ4v) is 2.12. The maximum atomic E-state index is 8.78. The molecule has 1 aromatic heterocycles. The zero-order valence-electron chi connectivity index (χ0n) is 10.0. The van der Waals surface area contributed by atoms with E-state index in [1.165, 1.54) is 32.4 Å². The van der Waals surface area contributed by atoms with Gasteiger partial charge in [-0.05, 0) is 38.1 Å². The summed E-state index contributed by atoms with van der Waals surface area (Å²) in [5, 5.41) is 12.0. The highest BCUT2D eigenvalue weighted by Gasteiger charge is 2.08. The van der Waals surface area contributed by atoms with Crippen LogP contribution in [0.5, 0.6) is 0 Å². The van der Waals surface area contributed by atoms with Crippen LogP contribution in [-0.2, 0) is 0 Å². The number of hydrogen-bond donors (Lipinski definition) is 1. The lowest BCUT2D eigenvalue weighted by Crippen LogP contribution is -2.33. The van der Waals surface area contributed by atoms with Crippen molar-refractivity contribution in [3.63, 3.8) is 0 Å². The molecule has 1 N–H and O–H groups in total. The van der Waals surface area contributed by atoms with Crippen LogP contribution in [0.15, 0.2) is 18.3 Å². The summed E-state index contributed by atoms with van der Waals surface area (Å²) < 4.78 is 0. The van der Waals surface area contributed by atoms with E-state index in [0.717, 1.165) is 18.9 Å². The van der Waals surface area contributed by atoms with Crippen molar-refractivity contribution in [3.05, 3.63) is 23.9 Å². The molecular weight excluding hydrogens is 212 g/mol. The molecule has 0 aromatic carbocycles. The van der Waals surface area contributed by atoms with E-state index >= 15 is 0 Å². The van der Waals surface area contributed by atoms with Crippen LogP contribution in [0.3, 0.4) is 0 Å². The SMILES string of the molecule is N#Cc1ccnc(NCCN2CCCCC2)c1. The number of nitriles is 1. The molecule has 0 unspecified atom stereocenters. The third-order valence-corrected chi connectivity index (χ3v) is 3.07. The Bertz CT molecular complexity index is 391. The van der Waals surface area contributed by atoms with Crippen LogP contribution in [0.2, 0.25) is 0 Å². The number of nitrogens with zero attached hydrogens (tertiary/aromatic N) is 3. The molecule has 4 nitrogen and oxygen atoms in total. The van der Waals surface area contributed by atoms with Crippen molar-refractivity contribution in [3.8, 4) is 6.07 Å². The van der Waals surface area contributed by atoms with Crippen molar-refractivity contribution in [2.24, 2.45) is 0 Å². The standard InChI is InChI=1S/C13H18N4/c14-11-12-4-5-15-13(10-12)16-6-9-17-7-2-1-3-8-17/h4-5,10H,1-3,6-9H2,(H,15,16). The highest BCUT2D eigenvalue weighted by atomic mass is 15.1. The van der Waals surface area contributed by atoms with Crippen LogP contribution in [0.25, 0.3) is 0 Å². The number of aromatic nitrogens is 1. The van der Waals surface area contributed by atoms with Crippen molar-refractivity contribution in [1.29, 1.82) is 5.26 Å². The van der Waals surface area contributed by atoms with Crippen molar-refractivity contribution in [2.75, 3.05) is 31.5 Å².